The molecule has 1 fully saturated rings. The molecule has 0 aliphatic carbocycles. The zero-order chi connectivity index (χ0) is 18.1. The van der Waals surface area contributed by atoms with Crippen LogP contribution in [0.3, 0.4) is 0 Å². The average molecular weight is 349 g/mol. The summed E-state index contributed by atoms with van der Waals surface area (Å²) in [7, 11) is 0. The number of nitrogens with zero attached hydrogens (tertiary/aromatic N) is 1. The van der Waals surface area contributed by atoms with Gasteiger partial charge in [0.25, 0.3) is 0 Å². The molecule has 1 aliphatic rings. The molecule has 25 heavy (non-hydrogen) atoms. The van der Waals surface area contributed by atoms with Crippen LogP contribution in [0.5, 0.6) is 0 Å². The lowest BCUT2D eigenvalue weighted by Gasteiger charge is -2.33. The predicted octanol–water partition coefficient (Wildman–Crippen LogP) is 2.75. The van der Waals surface area contributed by atoms with E-state index in [1.165, 1.54) is 6.08 Å². The third-order valence-corrected chi connectivity index (χ3v) is 4.09. The maximum atomic E-state index is 11.6. The Morgan fingerprint density at radius 1 is 1.52 bits per heavy atom. The molecule has 6 heteroatoms. The summed E-state index contributed by atoms with van der Waals surface area (Å²) in [5.74, 6) is -0.365. The van der Waals surface area contributed by atoms with Crippen LogP contribution in [0.25, 0.3) is 0 Å². The molecule has 0 unspecified atom stereocenters. The number of aromatic nitrogens is 1. The predicted molar refractivity (Wildman–Crippen MR) is 92.5 cm³/mol. The maximum absolute atomic E-state index is 11.6. The van der Waals surface area contributed by atoms with Crippen LogP contribution in [0, 0.1) is 0 Å². The van der Waals surface area contributed by atoms with Crippen LogP contribution in [-0.2, 0) is 25.6 Å². The van der Waals surface area contributed by atoms with Crippen molar-refractivity contribution in [1.29, 1.82) is 0 Å². The quantitative estimate of drug-likeness (QED) is 0.574. The van der Waals surface area contributed by atoms with Crippen LogP contribution < -0.4 is 0 Å². The molecule has 0 radical (unpaired) electrons. The van der Waals surface area contributed by atoms with Crippen LogP contribution in [-0.4, -0.2) is 40.7 Å². The van der Waals surface area contributed by atoms with Gasteiger partial charge in [-0.3, -0.25) is 4.98 Å². The largest absolute Gasteiger partial charge is 0.458 e. The van der Waals surface area contributed by atoms with Crippen molar-refractivity contribution in [1.82, 2.24) is 4.98 Å². The average Bonchev–Trinajstić information content (AvgIpc) is 2.61. The highest BCUT2D eigenvalue weighted by atomic mass is 16.7. The number of rotatable bonds is 8. The summed E-state index contributed by atoms with van der Waals surface area (Å²) in [5.41, 5.74) is 0.859. The number of ether oxygens (including phenoxy) is 3. The van der Waals surface area contributed by atoms with Crippen LogP contribution in [0.15, 0.2) is 36.7 Å². The third-order valence-electron chi connectivity index (χ3n) is 4.09. The SMILES string of the molecule is C[C@H](CC/C=C/C(=O)OCc1cccnc1)O[C@H]1CC[C@@H](O)[C@H](C)O1. The molecule has 0 aromatic carbocycles. The van der Waals surface area contributed by atoms with E-state index in [0.29, 0.717) is 19.3 Å². The Labute approximate surface area is 148 Å². The number of carbonyl (C=O) groups excluding carboxylic acids is 1. The summed E-state index contributed by atoms with van der Waals surface area (Å²) >= 11 is 0. The van der Waals surface area contributed by atoms with Gasteiger partial charge in [0.1, 0.15) is 6.61 Å². The van der Waals surface area contributed by atoms with E-state index in [1.54, 1.807) is 24.5 Å². The van der Waals surface area contributed by atoms with E-state index < -0.39 is 6.10 Å². The number of allylic oxidation sites excluding steroid dienone is 1. The first kappa shape index (κ1) is 19.6. The van der Waals surface area contributed by atoms with Gasteiger partial charge in [-0.1, -0.05) is 12.1 Å². The second-order valence-electron chi connectivity index (χ2n) is 6.31. The number of aliphatic hydroxyl groups excluding tert-OH is 1. The monoisotopic (exact) mass is 349 g/mol. The van der Waals surface area contributed by atoms with Crippen LogP contribution in [0.1, 0.15) is 45.1 Å². The molecule has 2 heterocycles. The number of aliphatic hydroxyl groups is 1. The lowest BCUT2D eigenvalue weighted by Crippen LogP contribution is -2.39. The van der Waals surface area contributed by atoms with Gasteiger partial charge in [-0.15, -0.1) is 0 Å². The number of hydrogen-bond donors (Lipinski definition) is 1. The second-order valence-corrected chi connectivity index (χ2v) is 6.31. The molecule has 0 amide bonds. The second kappa shape index (κ2) is 10.3. The van der Waals surface area contributed by atoms with Gasteiger partial charge in [0, 0.05) is 30.5 Å². The van der Waals surface area contributed by atoms with Gasteiger partial charge in [-0.25, -0.2) is 4.79 Å². The molecule has 1 aromatic rings. The van der Waals surface area contributed by atoms with Crippen molar-refractivity contribution in [3.8, 4) is 0 Å². The van der Waals surface area contributed by atoms with E-state index >= 15 is 0 Å². The van der Waals surface area contributed by atoms with E-state index in [1.807, 2.05) is 19.9 Å². The Morgan fingerprint density at radius 3 is 3.08 bits per heavy atom. The fraction of sp³-hybridized carbons (Fsp3) is 0.579. The van der Waals surface area contributed by atoms with Gasteiger partial charge >= 0.3 is 5.97 Å². The summed E-state index contributed by atoms with van der Waals surface area (Å²) in [5, 5.41) is 9.63. The van der Waals surface area contributed by atoms with Gasteiger partial charge in [0.2, 0.25) is 0 Å². The Morgan fingerprint density at radius 2 is 2.36 bits per heavy atom. The summed E-state index contributed by atoms with van der Waals surface area (Å²) < 4.78 is 16.6. The summed E-state index contributed by atoms with van der Waals surface area (Å²) in [6.07, 6.45) is 8.63. The first-order valence-corrected chi connectivity index (χ1v) is 8.75. The lowest BCUT2D eigenvalue weighted by atomic mass is 10.1. The van der Waals surface area contributed by atoms with Gasteiger partial charge in [-0.2, -0.15) is 0 Å². The molecule has 0 saturated carbocycles. The zero-order valence-electron chi connectivity index (χ0n) is 14.8. The lowest BCUT2D eigenvalue weighted by molar-refractivity contribution is -0.232. The zero-order valence-corrected chi connectivity index (χ0v) is 14.8. The molecule has 138 valence electrons. The van der Waals surface area contributed by atoms with E-state index in [2.05, 4.69) is 4.98 Å². The van der Waals surface area contributed by atoms with Crippen LogP contribution in [0.2, 0.25) is 0 Å². The van der Waals surface area contributed by atoms with E-state index in [9.17, 15) is 9.90 Å². The molecular weight excluding hydrogens is 322 g/mol. The number of esters is 1. The topological polar surface area (TPSA) is 77.9 Å². The number of hydrogen-bond acceptors (Lipinski definition) is 6. The summed E-state index contributed by atoms with van der Waals surface area (Å²) in [4.78, 5) is 15.6. The Bertz CT molecular complexity index is 548. The van der Waals surface area contributed by atoms with Gasteiger partial charge in [0.05, 0.1) is 18.3 Å². The molecule has 1 N–H and O–H groups in total. The molecule has 1 aliphatic heterocycles. The fourth-order valence-electron chi connectivity index (χ4n) is 2.56. The normalized spacial score (nSPS) is 25.0. The third kappa shape index (κ3) is 7.34. The van der Waals surface area contributed by atoms with Gasteiger partial charge < -0.3 is 19.3 Å². The highest BCUT2D eigenvalue weighted by Crippen LogP contribution is 2.22. The van der Waals surface area contributed by atoms with Crippen molar-refractivity contribution in [2.75, 3.05) is 0 Å². The molecule has 0 bridgehead atoms. The maximum Gasteiger partial charge on any atom is 0.330 e. The highest BCUT2D eigenvalue weighted by molar-refractivity contribution is 5.81. The van der Waals surface area contributed by atoms with Crippen molar-refractivity contribution in [3.05, 3.63) is 42.2 Å². The first-order chi connectivity index (χ1) is 12.0. The van der Waals surface area contributed by atoms with E-state index in [-0.39, 0.29) is 31.1 Å². The Hall–Kier alpha value is -1.76. The van der Waals surface area contributed by atoms with Crippen molar-refractivity contribution >= 4 is 5.97 Å². The van der Waals surface area contributed by atoms with Crippen molar-refractivity contribution in [3.63, 3.8) is 0 Å². The molecule has 4 atom stereocenters. The summed E-state index contributed by atoms with van der Waals surface area (Å²) in [6, 6.07) is 3.66. The molecule has 6 nitrogen and oxygen atoms in total. The van der Waals surface area contributed by atoms with Crippen molar-refractivity contribution in [2.24, 2.45) is 0 Å². The number of carbonyl (C=O) groups is 1. The molecular formula is C19H27NO5. The Kier molecular flexibility index (Phi) is 8.04. The minimum absolute atomic E-state index is 0.0171. The molecule has 1 saturated heterocycles. The van der Waals surface area contributed by atoms with Crippen molar-refractivity contribution in [2.45, 2.75) is 70.7 Å². The minimum Gasteiger partial charge on any atom is -0.458 e. The molecule has 0 spiro atoms. The Balaban J connectivity index is 1.59. The fourth-order valence-corrected chi connectivity index (χ4v) is 2.56. The molecule has 1 aromatic heterocycles. The number of pyridine rings is 1. The van der Waals surface area contributed by atoms with Gasteiger partial charge in [0.15, 0.2) is 6.29 Å². The van der Waals surface area contributed by atoms with Gasteiger partial charge in [-0.05, 0) is 39.2 Å². The van der Waals surface area contributed by atoms with Crippen molar-refractivity contribution < 1.29 is 24.1 Å². The smallest absolute Gasteiger partial charge is 0.330 e. The highest BCUT2D eigenvalue weighted by Gasteiger charge is 2.27. The van der Waals surface area contributed by atoms with E-state index in [4.69, 9.17) is 14.2 Å². The first-order valence-electron chi connectivity index (χ1n) is 8.75. The van der Waals surface area contributed by atoms with E-state index in [0.717, 1.165) is 12.0 Å². The minimum atomic E-state index is -0.407. The van der Waals surface area contributed by atoms with Crippen LogP contribution in [0.4, 0.5) is 0 Å². The summed E-state index contributed by atoms with van der Waals surface area (Å²) in [6.45, 7) is 4.05. The molecule has 2 rings (SSSR count). The standard InChI is InChI=1S/C19H27NO5/c1-14(24-19-10-9-17(21)15(2)25-19)6-3-4-8-18(22)23-13-16-7-5-11-20-12-16/h4-5,7-8,11-12,14-15,17,19,21H,3,6,9-10,13H2,1-2H3/b8-4+/t14-,15+,17-,19-/m1/s1. The van der Waals surface area contributed by atoms with Crippen LogP contribution >= 0.6 is 0 Å².